The van der Waals surface area contributed by atoms with Gasteiger partial charge in [-0.1, -0.05) is 55.7 Å². The number of amides is 5. The molecule has 1 aliphatic carbocycles. The lowest BCUT2D eigenvalue weighted by molar-refractivity contribution is -0.141. The summed E-state index contributed by atoms with van der Waals surface area (Å²) in [5.74, 6) is -2.62. The number of hydrogen-bond donors (Lipinski definition) is 3. The van der Waals surface area contributed by atoms with E-state index in [1.54, 1.807) is 25.7 Å². The number of alkyl carbamates (subject to hydrolysis) is 1. The summed E-state index contributed by atoms with van der Waals surface area (Å²) in [6.45, 7) is 8.03. The van der Waals surface area contributed by atoms with E-state index < -0.39 is 75.4 Å². The Hall–Kier alpha value is -4.22. The van der Waals surface area contributed by atoms with Gasteiger partial charge in [0.05, 0.1) is 12.6 Å². The average molecular weight is 828 g/mol. The van der Waals surface area contributed by atoms with Crippen molar-refractivity contribution in [3.8, 4) is 0 Å². The third-order valence-corrected chi connectivity index (χ3v) is 13.2. The maximum Gasteiger partial charge on any atom is 0.410 e. The Balaban J connectivity index is 1.27. The van der Waals surface area contributed by atoms with Crippen LogP contribution in [-0.2, 0) is 40.5 Å². The highest BCUT2D eigenvalue weighted by atomic mass is 32.2. The summed E-state index contributed by atoms with van der Waals surface area (Å²) in [5.41, 5.74) is -0.146. The fourth-order valence-corrected chi connectivity index (χ4v) is 9.18. The molecular formula is C41H61N7O9S. The molecule has 0 aromatic heterocycles. The van der Waals surface area contributed by atoms with E-state index in [1.807, 2.05) is 24.3 Å². The fourth-order valence-electron chi connectivity index (χ4n) is 8.58. The van der Waals surface area contributed by atoms with Crippen molar-refractivity contribution < 1.29 is 41.9 Å². The summed E-state index contributed by atoms with van der Waals surface area (Å²) < 4.78 is 40.2. The predicted molar refractivity (Wildman–Crippen MR) is 215 cm³/mol. The third kappa shape index (κ3) is 10.3. The Labute approximate surface area is 342 Å². The molecule has 1 unspecified atom stereocenters. The quantitative estimate of drug-likeness (QED) is 0.344. The summed E-state index contributed by atoms with van der Waals surface area (Å²) in [6.07, 6.45) is 8.69. The molecule has 2 saturated heterocycles. The van der Waals surface area contributed by atoms with Crippen LogP contribution in [0.5, 0.6) is 0 Å². The number of nitrogens with zero attached hydrogens (tertiary/aromatic N) is 4. The molecule has 0 spiro atoms. The number of fused-ring (bicyclic) bond motifs is 3. The molecule has 6 atom stereocenters. The molecule has 4 heterocycles. The Morgan fingerprint density at radius 2 is 1.72 bits per heavy atom. The van der Waals surface area contributed by atoms with Gasteiger partial charge in [0.25, 0.3) is 5.91 Å². The van der Waals surface area contributed by atoms with E-state index in [-0.39, 0.29) is 31.8 Å². The van der Waals surface area contributed by atoms with Gasteiger partial charge in [-0.2, -0.15) is 12.7 Å². The van der Waals surface area contributed by atoms with Crippen molar-refractivity contribution >= 4 is 40.1 Å². The second kappa shape index (κ2) is 18.0. The first-order valence-electron chi connectivity index (χ1n) is 20.8. The second-order valence-corrected chi connectivity index (χ2v) is 19.4. The smallest absolute Gasteiger partial charge is 0.410 e. The van der Waals surface area contributed by atoms with Crippen LogP contribution in [0.4, 0.5) is 9.59 Å². The lowest BCUT2D eigenvalue weighted by Gasteiger charge is -2.40. The zero-order chi connectivity index (χ0) is 41.8. The lowest BCUT2D eigenvalue weighted by Crippen LogP contribution is -2.58. The van der Waals surface area contributed by atoms with Crippen molar-refractivity contribution in [3.05, 3.63) is 47.5 Å². The van der Waals surface area contributed by atoms with Gasteiger partial charge in [0.1, 0.15) is 29.3 Å². The van der Waals surface area contributed by atoms with Crippen LogP contribution in [0.25, 0.3) is 0 Å². The molecule has 6 rings (SSSR count). The van der Waals surface area contributed by atoms with Crippen molar-refractivity contribution in [2.45, 2.75) is 127 Å². The van der Waals surface area contributed by atoms with E-state index in [0.717, 1.165) is 48.6 Å². The average Bonchev–Trinajstić information content (AvgIpc) is 3.69. The van der Waals surface area contributed by atoms with E-state index in [9.17, 15) is 32.4 Å². The topological polar surface area (TPSA) is 187 Å². The summed E-state index contributed by atoms with van der Waals surface area (Å²) in [4.78, 5) is 75.5. The van der Waals surface area contributed by atoms with E-state index >= 15 is 0 Å². The molecule has 320 valence electrons. The highest BCUT2D eigenvalue weighted by molar-refractivity contribution is 7.87. The molecule has 17 heteroatoms. The van der Waals surface area contributed by atoms with Crippen LogP contribution in [0.15, 0.2) is 36.4 Å². The van der Waals surface area contributed by atoms with Crippen molar-refractivity contribution in [1.82, 2.24) is 34.4 Å². The number of likely N-dealkylation sites (tertiary alicyclic amines) is 1. The SMILES string of the molecule is CN(C)S(=O)(=O)NC(=O)[C@@]12C[C@H]1/C=C\CCCCC[C@H](NC(=O)OC(C)(C)C)C(=O)N1C[C@H](OC(=O)N3CCc4ccccc4C3CN3CCCCC3)C[C@H]1C(=O)N2. The molecule has 58 heavy (non-hydrogen) atoms. The molecular weight excluding hydrogens is 767 g/mol. The van der Waals surface area contributed by atoms with Crippen LogP contribution in [-0.4, -0.2) is 133 Å². The number of ether oxygens (including phenoxy) is 2. The number of piperidine rings is 1. The van der Waals surface area contributed by atoms with E-state index in [4.69, 9.17) is 9.47 Å². The molecule has 3 fully saturated rings. The lowest BCUT2D eigenvalue weighted by atomic mass is 9.92. The molecule has 5 aliphatic rings. The summed E-state index contributed by atoms with van der Waals surface area (Å²) in [6, 6.07) is 5.64. The van der Waals surface area contributed by atoms with Crippen LogP contribution in [0.1, 0.15) is 102 Å². The van der Waals surface area contributed by atoms with Crippen LogP contribution >= 0.6 is 0 Å². The van der Waals surface area contributed by atoms with Gasteiger partial charge in [-0.3, -0.25) is 19.3 Å². The van der Waals surface area contributed by atoms with Crippen molar-refractivity contribution in [2.24, 2.45) is 5.92 Å². The largest absolute Gasteiger partial charge is 0.444 e. The minimum absolute atomic E-state index is 0.0715. The number of nitrogens with one attached hydrogen (secondary N) is 3. The molecule has 1 aromatic rings. The standard InChI is InChI=1S/C41H61N7O9S/c1-40(2,3)57-38(52)42-32-19-11-8-6-7-10-17-29-25-41(29,37(51)44-58(54,55)45(4)5)43-35(49)33-24-30(26-48(33)36(32)50)56-39(53)47-23-20-28-16-12-13-18-31(28)34(47)27-46-21-14-9-15-22-46/h10,12-13,16-18,29-30,32-34H,6-9,11,14-15,19-27H2,1-5H3,(H,42,52)(H,43,49)(H,44,51)/b17-10-/t29-,30-,32+,33+,34?,41-/m1/s1. The number of rotatable bonds is 7. The molecule has 4 aliphatic heterocycles. The Kier molecular flexibility index (Phi) is 13.4. The monoisotopic (exact) mass is 827 g/mol. The van der Waals surface area contributed by atoms with Gasteiger partial charge >= 0.3 is 22.4 Å². The van der Waals surface area contributed by atoms with E-state index in [2.05, 4.69) is 32.4 Å². The summed E-state index contributed by atoms with van der Waals surface area (Å²) >= 11 is 0. The highest BCUT2D eigenvalue weighted by Crippen LogP contribution is 2.46. The normalized spacial score (nSPS) is 29.1. The summed E-state index contributed by atoms with van der Waals surface area (Å²) in [5, 5.41) is 5.56. The van der Waals surface area contributed by atoms with Gasteiger partial charge in [-0.15, -0.1) is 0 Å². The maximum absolute atomic E-state index is 14.6. The maximum atomic E-state index is 14.6. The molecule has 1 aromatic carbocycles. The first-order valence-corrected chi connectivity index (χ1v) is 22.2. The van der Waals surface area contributed by atoms with Crippen molar-refractivity contribution in [3.63, 3.8) is 0 Å². The molecule has 16 nitrogen and oxygen atoms in total. The number of hydrogen-bond acceptors (Lipinski definition) is 10. The van der Waals surface area contributed by atoms with Crippen LogP contribution in [0.3, 0.4) is 0 Å². The predicted octanol–water partition coefficient (Wildman–Crippen LogP) is 3.39. The highest BCUT2D eigenvalue weighted by Gasteiger charge is 2.62. The number of carbonyl (C=O) groups excluding carboxylic acids is 5. The Morgan fingerprint density at radius 1 is 1.00 bits per heavy atom. The van der Waals surface area contributed by atoms with E-state index in [0.29, 0.717) is 32.4 Å². The Morgan fingerprint density at radius 3 is 2.45 bits per heavy atom. The first-order chi connectivity index (χ1) is 27.5. The molecule has 3 N–H and O–H groups in total. The molecule has 0 bridgehead atoms. The molecule has 0 radical (unpaired) electrons. The zero-order valence-corrected chi connectivity index (χ0v) is 35.4. The first kappa shape index (κ1) is 43.4. The van der Waals surface area contributed by atoms with Crippen LogP contribution < -0.4 is 15.4 Å². The molecule has 5 amide bonds. The van der Waals surface area contributed by atoms with Gasteiger partial charge in [0.2, 0.25) is 11.8 Å². The van der Waals surface area contributed by atoms with Gasteiger partial charge in [-0.25, -0.2) is 14.3 Å². The number of carbonyl (C=O) groups is 5. The van der Waals surface area contributed by atoms with Crippen LogP contribution in [0, 0.1) is 5.92 Å². The van der Waals surface area contributed by atoms with E-state index in [1.165, 1.54) is 31.0 Å². The third-order valence-electron chi connectivity index (χ3n) is 11.8. The van der Waals surface area contributed by atoms with Crippen molar-refractivity contribution in [1.29, 1.82) is 0 Å². The second-order valence-electron chi connectivity index (χ2n) is 17.5. The van der Waals surface area contributed by atoms with Gasteiger partial charge in [0, 0.05) is 39.5 Å². The van der Waals surface area contributed by atoms with Crippen molar-refractivity contribution in [2.75, 3.05) is 46.8 Å². The zero-order valence-electron chi connectivity index (χ0n) is 34.5. The van der Waals surface area contributed by atoms with Gasteiger partial charge in [-0.05, 0) is 89.9 Å². The minimum Gasteiger partial charge on any atom is -0.444 e. The fraction of sp³-hybridized carbons (Fsp3) is 0.683. The van der Waals surface area contributed by atoms with Gasteiger partial charge < -0.3 is 29.9 Å². The molecule has 1 saturated carbocycles. The minimum atomic E-state index is -4.19. The van der Waals surface area contributed by atoms with Crippen LogP contribution in [0.2, 0.25) is 0 Å². The summed E-state index contributed by atoms with van der Waals surface area (Å²) in [7, 11) is -1.61. The van der Waals surface area contributed by atoms with Gasteiger partial charge in [0.15, 0.2) is 0 Å². The number of allylic oxidation sites excluding steroid dienone is 1. The Bertz CT molecular complexity index is 1840. The number of benzene rings is 1.